The van der Waals surface area contributed by atoms with Gasteiger partial charge in [-0.25, -0.2) is 5.06 Å². The molecule has 1 rings (SSSR count). The zero-order valence-electron chi connectivity index (χ0n) is 17.1. The van der Waals surface area contributed by atoms with Gasteiger partial charge < -0.3 is 4.53 Å². The highest BCUT2D eigenvalue weighted by Crippen LogP contribution is 2.37. The Labute approximate surface area is 155 Å². The molecule has 0 saturated heterocycles. The van der Waals surface area contributed by atoms with Crippen molar-refractivity contribution < 1.29 is 9.32 Å². The van der Waals surface area contributed by atoms with E-state index in [9.17, 15) is 4.79 Å². The quantitative estimate of drug-likeness (QED) is 0.277. The zero-order valence-corrected chi connectivity index (χ0v) is 18.1. The number of unbranched alkanes of at least 4 members (excludes halogenated alkanes) is 4. The summed E-state index contributed by atoms with van der Waals surface area (Å²) in [6.45, 7) is 13.7. The van der Waals surface area contributed by atoms with Crippen LogP contribution in [0.25, 0.3) is 0 Å². The predicted octanol–water partition coefficient (Wildman–Crippen LogP) is 6.31. The van der Waals surface area contributed by atoms with Crippen molar-refractivity contribution in [2.24, 2.45) is 0 Å². The molecule has 0 N–H and O–H groups in total. The summed E-state index contributed by atoms with van der Waals surface area (Å²) in [5.41, 5.74) is 1.11. The second-order valence-electron chi connectivity index (χ2n) is 8.43. The van der Waals surface area contributed by atoms with E-state index in [-0.39, 0.29) is 10.9 Å². The van der Waals surface area contributed by atoms with E-state index in [2.05, 4.69) is 52.9 Å². The van der Waals surface area contributed by atoms with Gasteiger partial charge in [0.25, 0.3) is 0 Å². The van der Waals surface area contributed by atoms with E-state index in [1.807, 2.05) is 18.2 Å². The molecule has 3 nitrogen and oxygen atoms in total. The number of nitrogens with zero attached hydrogens (tertiary/aromatic N) is 1. The van der Waals surface area contributed by atoms with Crippen LogP contribution in [0.2, 0.25) is 18.1 Å². The van der Waals surface area contributed by atoms with Gasteiger partial charge in [-0.2, -0.15) is 0 Å². The lowest BCUT2D eigenvalue weighted by molar-refractivity contribution is -0.163. The summed E-state index contributed by atoms with van der Waals surface area (Å²) in [4.78, 5) is 12.8. The van der Waals surface area contributed by atoms with E-state index in [1.54, 1.807) is 5.06 Å². The Kier molecular flexibility index (Phi) is 8.87. The number of carbonyl (C=O) groups is 1. The summed E-state index contributed by atoms with van der Waals surface area (Å²) in [6.07, 6.45) is 6.34. The Morgan fingerprint density at radius 3 is 2.20 bits per heavy atom. The van der Waals surface area contributed by atoms with Crippen LogP contribution in [0, 0.1) is 0 Å². The average Bonchev–Trinajstić information content (AvgIpc) is 2.53. The molecule has 0 aliphatic carbocycles. The molecule has 0 fully saturated rings. The van der Waals surface area contributed by atoms with Crippen molar-refractivity contribution in [1.82, 2.24) is 5.06 Å². The molecule has 142 valence electrons. The number of rotatable bonds is 10. The van der Waals surface area contributed by atoms with E-state index in [0.29, 0.717) is 13.0 Å². The minimum Gasteiger partial charge on any atom is -0.317 e. The fraction of sp³-hybridized carbons (Fsp3) is 0.667. The summed E-state index contributed by atoms with van der Waals surface area (Å²) < 4.78 is 6.37. The molecule has 0 aliphatic heterocycles. The van der Waals surface area contributed by atoms with Gasteiger partial charge in [0.1, 0.15) is 0 Å². The minimum atomic E-state index is -2.04. The molecule has 0 radical (unpaired) electrons. The molecule has 4 heteroatoms. The first-order valence-corrected chi connectivity index (χ1v) is 12.6. The van der Waals surface area contributed by atoms with E-state index in [0.717, 1.165) is 18.4 Å². The number of hydroxylamine groups is 2. The molecule has 0 unspecified atom stereocenters. The molecule has 1 aromatic carbocycles. The fourth-order valence-corrected chi connectivity index (χ4v) is 3.33. The molecule has 0 atom stereocenters. The maximum absolute atomic E-state index is 12.8. The summed E-state index contributed by atoms with van der Waals surface area (Å²) in [5, 5.41) is 1.72. The summed E-state index contributed by atoms with van der Waals surface area (Å²) >= 11 is 0. The van der Waals surface area contributed by atoms with E-state index in [4.69, 9.17) is 4.53 Å². The third-order valence-corrected chi connectivity index (χ3v) is 9.38. The monoisotopic (exact) mass is 363 g/mol. The van der Waals surface area contributed by atoms with Gasteiger partial charge in [-0.3, -0.25) is 4.79 Å². The smallest absolute Gasteiger partial charge is 0.245 e. The lowest BCUT2D eigenvalue weighted by Crippen LogP contribution is -2.48. The topological polar surface area (TPSA) is 29.5 Å². The molecule has 0 aromatic heterocycles. The molecular weight excluding hydrogens is 326 g/mol. The molecule has 0 saturated carbocycles. The van der Waals surface area contributed by atoms with Crippen LogP contribution in [0.4, 0.5) is 0 Å². The third-order valence-electron chi connectivity index (χ3n) is 5.09. The van der Waals surface area contributed by atoms with Gasteiger partial charge >= 0.3 is 0 Å². The molecule has 1 amide bonds. The van der Waals surface area contributed by atoms with Crippen molar-refractivity contribution in [3.8, 4) is 0 Å². The Bertz CT molecular complexity index is 508. The van der Waals surface area contributed by atoms with Crippen molar-refractivity contribution in [1.29, 1.82) is 0 Å². The SMILES string of the molecule is CCCCCCCC(=O)N(Cc1ccccc1)O[Si](C)(C)C(C)(C)C. The first-order valence-electron chi connectivity index (χ1n) is 9.71. The Hall–Kier alpha value is -1.13. The van der Waals surface area contributed by atoms with Gasteiger partial charge in [0, 0.05) is 6.42 Å². The molecule has 0 spiro atoms. The van der Waals surface area contributed by atoms with Gasteiger partial charge in [-0.05, 0) is 30.1 Å². The van der Waals surface area contributed by atoms with Crippen LogP contribution >= 0.6 is 0 Å². The summed E-state index contributed by atoms with van der Waals surface area (Å²) in [5.74, 6) is 0.116. The van der Waals surface area contributed by atoms with Crippen LogP contribution in [0.15, 0.2) is 30.3 Å². The van der Waals surface area contributed by atoms with E-state index in [1.165, 1.54) is 19.3 Å². The Morgan fingerprint density at radius 2 is 1.64 bits per heavy atom. The lowest BCUT2D eigenvalue weighted by atomic mass is 10.1. The summed E-state index contributed by atoms with van der Waals surface area (Å²) in [7, 11) is -2.04. The number of hydrogen-bond donors (Lipinski definition) is 0. The van der Waals surface area contributed by atoms with Gasteiger partial charge in [0.05, 0.1) is 6.54 Å². The maximum Gasteiger partial charge on any atom is 0.245 e. The second kappa shape index (κ2) is 10.1. The molecule has 0 bridgehead atoms. The van der Waals surface area contributed by atoms with Gasteiger partial charge in [-0.1, -0.05) is 83.7 Å². The third kappa shape index (κ3) is 7.74. The Morgan fingerprint density at radius 1 is 1.04 bits per heavy atom. The number of amides is 1. The predicted molar refractivity (Wildman–Crippen MR) is 109 cm³/mol. The normalized spacial score (nSPS) is 12.2. The van der Waals surface area contributed by atoms with Gasteiger partial charge in [-0.15, -0.1) is 0 Å². The highest BCUT2D eigenvalue weighted by atomic mass is 28.4. The van der Waals surface area contributed by atoms with Crippen molar-refractivity contribution in [3.63, 3.8) is 0 Å². The summed E-state index contributed by atoms with van der Waals surface area (Å²) in [6, 6.07) is 10.1. The number of hydrogen-bond acceptors (Lipinski definition) is 2. The molecule has 1 aromatic rings. The number of benzene rings is 1. The van der Waals surface area contributed by atoms with E-state index < -0.39 is 8.32 Å². The van der Waals surface area contributed by atoms with E-state index >= 15 is 0 Å². The second-order valence-corrected chi connectivity index (χ2v) is 13.1. The van der Waals surface area contributed by atoms with Gasteiger partial charge in [0.15, 0.2) is 0 Å². The lowest BCUT2D eigenvalue weighted by Gasteiger charge is -2.39. The van der Waals surface area contributed by atoms with Crippen molar-refractivity contribution in [2.75, 3.05) is 0 Å². The van der Waals surface area contributed by atoms with Crippen molar-refractivity contribution in [3.05, 3.63) is 35.9 Å². The van der Waals surface area contributed by atoms with Crippen LogP contribution in [0.5, 0.6) is 0 Å². The van der Waals surface area contributed by atoms with Crippen molar-refractivity contribution >= 4 is 14.2 Å². The highest BCUT2D eigenvalue weighted by Gasteiger charge is 2.40. The maximum atomic E-state index is 12.8. The number of carbonyl (C=O) groups excluding carboxylic acids is 1. The molecule has 25 heavy (non-hydrogen) atoms. The van der Waals surface area contributed by atoms with Gasteiger partial charge in [0.2, 0.25) is 14.2 Å². The minimum absolute atomic E-state index is 0.0728. The van der Waals surface area contributed by atoms with Crippen LogP contribution in [-0.2, 0) is 15.9 Å². The molecule has 0 heterocycles. The Balaban J connectivity index is 2.75. The highest BCUT2D eigenvalue weighted by molar-refractivity contribution is 6.74. The largest absolute Gasteiger partial charge is 0.317 e. The van der Waals surface area contributed by atoms with Crippen molar-refractivity contribution in [2.45, 2.75) is 90.9 Å². The first kappa shape index (κ1) is 21.9. The zero-order chi connectivity index (χ0) is 18.9. The molecule has 0 aliphatic rings. The van der Waals surface area contributed by atoms with Crippen LogP contribution in [-0.4, -0.2) is 19.3 Å². The van der Waals surface area contributed by atoms with Crippen LogP contribution in [0.3, 0.4) is 0 Å². The van der Waals surface area contributed by atoms with Crippen LogP contribution in [0.1, 0.15) is 71.8 Å². The molecular formula is C21H37NO2Si. The van der Waals surface area contributed by atoms with Crippen LogP contribution < -0.4 is 0 Å². The fourth-order valence-electron chi connectivity index (χ4n) is 2.34. The first-order chi connectivity index (χ1) is 11.7. The average molecular weight is 364 g/mol. The standard InChI is InChI=1S/C21H37NO2Si/c1-7-8-9-10-14-17-20(23)22(18-19-15-12-11-13-16-19)24-25(5,6)21(2,3)4/h11-13,15-16H,7-10,14,17-18H2,1-6H3.